The van der Waals surface area contributed by atoms with Crippen molar-refractivity contribution in [2.24, 2.45) is 5.92 Å². The minimum absolute atomic E-state index is 1.04. The lowest BCUT2D eigenvalue weighted by Crippen LogP contribution is -2.22. The smallest absolute Gasteiger partial charge is 0.00434 e. The maximum atomic E-state index is 3.43. The van der Waals surface area contributed by atoms with Crippen molar-refractivity contribution in [1.29, 1.82) is 0 Å². The molecule has 0 aromatic heterocycles. The lowest BCUT2D eigenvalue weighted by molar-refractivity contribution is 0.322. The van der Waals surface area contributed by atoms with Crippen LogP contribution < -0.4 is 0 Å². The lowest BCUT2D eigenvalue weighted by atomic mass is 10.3. The first-order valence-corrected chi connectivity index (χ1v) is 5.19. The molecule has 1 aliphatic rings. The van der Waals surface area contributed by atoms with Gasteiger partial charge in [0.25, 0.3) is 0 Å². The van der Waals surface area contributed by atoms with Gasteiger partial charge in [-0.2, -0.15) is 0 Å². The van der Waals surface area contributed by atoms with Crippen molar-refractivity contribution in [3.8, 4) is 0 Å². The third-order valence-corrected chi connectivity index (χ3v) is 2.50. The van der Waals surface area contributed by atoms with E-state index in [9.17, 15) is 0 Å². The third kappa shape index (κ3) is 3.57. The van der Waals surface area contributed by atoms with E-state index in [1.165, 1.54) is 32.4 Å². The van der Waals surface area contributed by atoms with Gasteiger partial charge in [0.1, 0.15) is 0 Å². The number of alkyl halides is 1. The zero-order valence-corrected chi connectivity index (χ0v) is 8.23. The van der Waals surface area contributed by atoms with Crippen LogP contribution in [0.25, 0.3) is 0 Å². The van der Waals surface area contributed by atoms with Gasteiger partial charge in [0.15, 0.2) is 0 Å². The molecule has 2 heteroatoms. The first-order valence-electron chi connectivity index (χ1n) is 4.07. The Morgan fingerprint density at radius 3 is 2.70 bits per heavy atom. The average molecular weight is 206 g/mol. The highest BCUT2D eigenvalue weighted by Crippen LogP contribution is 2.29. The van der Waals surface area contributed by atoms with Gasteiger partial charge >= 0.3 is 0 Å². The second kappa shape index (κ2) is 4.35. The zero-order valence-electron chi connectivity index (χ0n) is 6.65. The second-order valence-electron chi connectivity index (χ2n) is 3.25. The van der Waals surface area contributed by atoms with Crippen molar-refractivity contribution >= 4 is 15.9 Å². The third-order valence-electron chi connectivity index (χ3n) is 1.94. The van der Waals surface area contributed by atoms with Crippen LogP contribution in [0, 0.1) is 5.92 Å². The minimum Gasteiger partial charge on any atom is -0.306 e. The van der Waals surface area contributed by atoms with E-state index in [4.69, 9.17) is 0 Å². The highest BCUT2D eigenvalue weighted by atomic mass is 79.9. The molecule has 0 atom stereocenters. The quantitative estimate of drug-likeness (QED) is 0.622. The van der Waals surface area contributed by atoms with Crippen molar-refractivity contribution in [1.82, 2.24) is 4.90 Å². The molecule has 0 aromatic rings. The van der Waals surface area contributed by atoms with Gasteiger partial charge in [0.2, 0.25) is 0 Å². The predicted molar refractivity (Wildman–Crippen MR) is 48.6 cm³/mol. The van der Waals surface area contributed by atoms with Crippen LogP contribution in [0.1, 0.15) is 19.3 Å². The minimum atomic E-state index is 1.04. The summed E-state index contributed by atoms with van der Waals surface area (Å²) in [6.45, 7) is 2.58. The summed E-state index contributed by atoms with van der Waals surface area (Å²) < 4.78 is 0. The van der Waals surface area contributed by atoms with E-state index in [0.717, 1.165) is 11.2 Å². The lowest BCUT2D eigenvalue weighted by Gasteiger charge is -2.14. The molecular weight excluding hydrogens is 190 g/mol. The molecule has 0 N–H and O–H groups in total. The van der Waals surface area contributed by atoms with Gasteiger partial charge in [-0.25, -0.2) is 0 Å². The number of rotatable bonds is 5. The molecule has 0 amide bonds. The first kappa shape index (κ1) is 8.54. The standard InChI is InChI=1S/C8H16BrN/c1-10(6-2-5-9)7-8-3-4-8/h8H,2-7H2,1H3. The van der Waals surface area contributed by atoms with Crippen molar-refractivity contribution in [3.05, 3.63) is 0 Å². The predicted octanol–water partition coefficient (Wildman–Crippen LogP) is 2.11. The number of hydrogen-bond acceptors (Lipinski definition) is 1. The summed E-state index contributed by atoms with van der Waals surface area (Å²) >= 11 is 3.43. The Kier molecular flexibility index (Phi) is 3.71. The summed E-state index contributed by atoms with van der Waals surface area (Å²) in [5.41, 5.74) is 0. The van der Waals surface area contributed by atoms with E-state index in [0.29, 0.717) is 0 Å². The molecular formula is C8H16BrN. The maximum Gasteiger partial charge on any atom is 0.00434 e. The Morgan fingerprint density at radius 1 is 1.50 bits per heavy atom. The molecule has 0 unspecified atom stereocenters. The van der Waals surface area contributed by atoms with Crippen molar-refractivity contribution in [3.63, 3.8) is 0 Å². The summed E-state index contributed by atoms with van der Waals surface area (Å²) in [4.78, 5) is 2.44. The molecule has 1 rings (SSSR count). The average Bonchev–Trinajstić information content (AvgIpc) is 2.67. The Hall–Kier alpha value is 0.440. The molecule has 60 valence electrons. The summed E-state index contributed by atoms with van der Waals surface area (Å²) in [6, 6.07) is 0. The Bertz CT molecular complexity index is 91.3. The Labute approximate surface area is 71.9 Å². The molecule has 0 aliphatic heterocycles. The SMILES string of the molecule is CN(CCCBr)CC1CC1. The molecule has 10 heavy (non-hydrogen) atoms. The summed E-state index contributed by atoms with van der Waals surface area (Å²) in [5.74, 6) is 1.04. The van der Waals surface area contributed by atoms with E-state index in [1.54, 1.807) is 0 Å². The van der Waals surface area contributed by atoms with Crippen molar-refractivity contribution < 1.29 is 0 Å². The Morgan fingerprint density at radius 2 is 2.20 bits per heavy atom. The molecule has 0 radical (unpaired) electrons. The molecule has 0 heterocycles. The van der Waals surface area contributed by atoms with Gasteiger partial charge in [-0.05, 0) is 38.8 Å². The van der Waals surface area contributed by atoms with Crippen LogP contribution in [0.5, 0.6) is 0 Å². The second-order valence-corrected chi connectivity index (χ2v) is 4.04. The fourth-order valence-corrected chi connectivity index (χ4v) is 1.41. The van der Waals surface area contributed by atoms with Crippen LogP contribution in [0.15, 0.2) is 0 Å². The van der Waals surface area contributed by atoms with Gasteiger partial charge in [0, 0.05) is 11.9 Å². The molecule has 1 saturated carbocycles. The largest absolute Gasteiger partial charge is 0.306 e. The number of nitrogens with zero attached hydrogens (tertiary/aromatic N) is 1. The van der Waals surface area contributed by atoms with E-state index >= 15 is 0 Å². The van der Waals surface area contributed by atoms with Gasteiger partial charge in [-0.15, -0.1) is 0 Å². The van der Waals surface area contributed by atoms with Crippen LogP contribution in [0.4, 0.5) is 0 Å². The zero-order chi connectivity index (χ0) is 7.40. The summed E-state index contributed by atoms with van der Waals surface area (Å²) in [6.07, 6.45) is 4.22. The Balaban J connectivity index is 1.91. The first-order chi connectivity index (χ1) is 4.83. The molecule has 0 bridgehead atoms. The van der Waals surface area contributed by atoms with Gasteiger partial charge < -0.3 is 4.90 Å². The van der Waals surface area contributed by atoms with Crippen molar-refractivity contribution in [2.45, 2.75) is 19.3 Å². The monoisotopic (exact) mass is 205 g/mol. The van der Waals surface area contributed by atoms with Crippen LogP contribution >= 0.6 is 15.9 Å². The van der Waals surface area contributed by atoms with Crippen LogP contribution in [0.3, 0.4) is 0 Å². The molecule has 1 nitrogen and oxygen atoms in total. The van der Waals surface area contributed by atoms with Crippen LogP contribution in [0.2, 0.25) is 0 Å². The molecule has 0 saturated heterocycles. The number of hydrogen-bond donors (Lipinski definition) is 0. The van der Waals surface area contributed by atoms with Crippen molar-refractivity contribution in [2.75, 3.05) is 25.5 Å². The topological polar surface area (TPSA) is 3.24 Å². The fraction of sp³-hybridized carbons (Fsp3) is 1.00. The van der Waals surface area contributed by atoms with Crippen LogP contribution in [-0.2, 0) is 0 Å². The van der Waals surface area contributed by atoms with Gasteiger partial charge in [0.05, 0.1) is 0 Å². The highest BCUT2D eigenvalue weighted by Gasteiger charge is 2.22. The van der Waals surface area contributed by atoms with E-state index in [2.05, 4.69) is 27.9 Å². The van der Waals surface area contributed by atoms with E-state index < -0.39 is 0 Å². The molecule has 1 fully saturated rings. The van der Waals surface area contributed by atoms with E-state index in [-0.39, 0.29) is 0 Å². The normalized spacial score (nSPS) is 18.3. The van der Waals surface area contributed by atoms with E-state index in [1.807, 2.05) is 0 Å². The summed E-state index contributed by atoms with van der Waals surface area (Å²) in [5, 5.41) is 1.14. The fourth-order valence-electron chi connectivity index (χ4n) is 1.16. The molecule has 0 spiro atoms. The number of halogens is 1. The van der Waals surface area contributed by atoms with Crippen LogP contribution in [-0.4, -0.2) is 30.4 Å². The summed E-state index contributed by atoms with van der Waals surface area (Å²) in [7, 11) is 2.22. The van der Waals surface area contributed by atoms with Gasteiger partial charge in [-0.3, -0.25) is 0 Å². The highest BCUT2D eigenvalue weighted by molar-refractivity contribution is 9.09. The maximum absolute atomic E-state index is 3.43. The molecule has 1 aliphatic carbocycles. The van der Waals surface area contributed by atoms with Gasteiger partial charge in [-0.1, -0.05) is 15.9 Å². The molecule has 0 aromatic carbocycles.